The molecule has 0 bridgehead atoms. The number of carbonyl (C=O) groups is 2. The Hall–Kier alpha value is -1.97. The fourth-order valence-corrected chi connectivity index (χ4v) is 5.73. The molecule has 0 N–H and O–H groups in total. The Labute approximate surface area is 205 Å². The lowest BCUT2D eigenvalue weighted by molar-refractivity contribution is -0.137. The average Bonchev–Trinajstić information content (AvgIpc) is 2.83. The van der Waals surface area contributed by atoms with Crippen LogP contribution in [0.2, 0.25) is 0 Å². The standard InChI is InChI=1S/C25H41N3O5S/c1-6-26(7-2)17-18-27(19-20(4)5)24(29)21-13-15-28(16-14-21)34(31,32)23-11-9-22(10-12-23)25(30)33-8-3/h9-12,20-21H,6-8,13-19H2,1-5H3. The SMILES string of the molecule is CCOC(=O)c1ccc(S(=O)(=O)N2CCC(C(=O)N(CCN(CC)CC)CC(C)C)CC2)cc1. The molecule has 0 saturated carbocycles. The second-order valence-corrected chi connectivity index (χ2v) is 11.1. The van der Waals surface area contributed by atoms with Crippen LogP contribution in [0.1, 0.15) is 57.8 Å². The number of sulfonamides is 1. The number of esters is 1. The van der Waals surface area contributed by atoms with E-state index in [4.69, 9.17) is 4.74 Å². The predicted octanol–water partition coefficient (Wildman–Crippen LogP) is 3.09. The molecule has 1 aliphatic rings. The molecule has 0 spiro atoms. The van der Waals surface area contributed by atoms with Crippen molar-refractivity contribution in [2.45, 2.75) is 52.4 Å². The second-order valence-electron chi connectivity index (χ2n) is 9.13. The molecule has 9 heteroatoms. The number of amides is 1. The van der Waals surface area contributed by atoms with Crippen molar-refractivity contribution in [3.05, 3.63) is 29.8 Å². The first-order valence-corrected chi connectivity index (χ1v) is 13.9. The quantitative estimate of drug-likeness (QED) is 0.414. The van der Waals surface area contributed by atoms with E-state index in [1.54, 1.807) is 6.92 Å². The van der Waals surface area contributed by atoms with Crippen LogP contribution in [0.4, 0.5) is 0 Å². The van der Waals surface area contributed by atoms with Crippen molar-refractivity contribution in [3.8, 4) is 0 Å². The molecule has 1 aliphatic heterocycles. The number of hydrogen-bond donors (Lipinski definition) is 0. The third kappa shape index (κ3) is 7.52. The minimum absolute atomic E-state index is 0.136. The highest BCUT2D eigenvalue weighted by molar-refractivity contribution is 7.89. The first-order valence-electron chi connectivity index (χ1n) is 12.4. The predicted molar refractivity (Wildman–Crippen MR) is 133 cm³/mol. The van der Waals surface area contributed by atoms with Crippen LogP contribution in [0.5, 0.6) is 0 Å². The Balaban J connectivity index is 2.01. The van der Waals surface area contributed by atoms with E-state index >= 15 is 0 Å². The number of piperidine rings is 1. The Bertz CT molecular complexity index is 890. The van der Waals surface area contributed by atoms with Crippen LogP contribution in [-0.4, -0.2) is 86.8 Å². The summed E-state index contributed by atoms with van der Waals surface area (Å²) < 4.78 is 32.6. The molecule has 0 aromatic heterocycles. The number of likely N-dealkylation sites (N-methyl/N-ethyl adjacent to an activating group) is 1. The zero-order chi connectivity index (χ0) is 25.3. The molecule has 0 aliphatic carbocycles. The number of rotatable bonds is 12. The van der Waals surface area contributed by atoms with Crippen molar-refractivity contribution in [2.24, 2.45) is 11.8 Å². The maximum atomic E-state index is 13.3. The molecule has 0 radical (unpaired) electrons. The monoisotopic (exact) mass is 495 g/mol. The van der Waals surface area contributed by atoms with Gasteiger partial charge in [0.05, 0.1) is 17.1 Å². The highest BCUT2D eigenvalue weighted by Gasteiger charge is 2.34. The van der Waals surface area contributed by atoms with E-state index in [9.17, 15) is 18.0 Å². The van der Waals surface area contributed by atoms with Gasteiger partial charge in [-0.15, -0.1) is 0 Å². The van der Waals surface area contributed by atoms with Crippen LogP contribution in [0.25, 0.3) is 0 Å². The molecule has 1 saturated heterocycles. The van der Waals surface area contributed by atoms with Crippen molar-refractivity contribution < 1.29 is 22.7 Å². The summed E-state index contributed by atoms with van der Waals surface area (Å²) in [5, 5.41) is 0. The molecule has 1 aromatic rings. The molecule has 1 aromatic carbocycles. The van der Waals surface area contributed by atoms with Gasteiger partial charge in [-0.3, -0.25) is 4.79 Å². The summed E-state index contributed by atoms with van der Waals surface area (Å²) in [6.07, 6.45) is 1.03. The van der Waals surface area contributed by atoms with Crippen LogP contribution in [-0.2, 0) is 19.6 Å². The van der Waals surface area contributed by atoms with Crippen LogP contribution < -0.4 is 0 Å². The van der Waals surface area contributed by atoms with Crippen LogP contribution in [0, 0.1) is 11.8 Å². The van der Waals surface area contributed by atoms with Gasteiger partial charge in [0.15, 0.2) is 0 Å². The van der Waals surface area contributed by atoms with Crippen LogP contribution >= 0.6 is 0 Å². The maximum absolute atomic E-state index is 13.3. The number of ether oxygens (including phenoxy) is 1. The fourth-order valence-electron chi connectivity index (χ4n) is 4.26. The van der Waals surface area contributed by atoms with Crippen molar-refractivity contribution in [1.29, 1.82) is 0 Å². The molecule has 8 nitrogen and oxygen atoms in total. The van der Waals surface area contributed by atoms with Gasteiger partial charge in [-0.25, -0.2) is 13.2 Å². The molecular weight excluding hydrogens is 454 g/mol. The Morgan fingerprint density at radius 1 is 1.03 bits per heavy atom. The van der Waals surface area contributed by atoms with Crippen molar-refractivity contribution in [1.82, 2.24) is 14.1 Å². The fraction of sp³-hybridized carbons (Fsp3) is 0.680. The van der Waals surface area contributed by atoms with Gasteiger partial charge in [-0.05, 0) is 63.0 Å². The van der Waals surface area contributed by atoms with E-state index < -0.39 is 16.0 Å². The molecule has 1 fully saturated rings. The van der Waals surface area contributed by atoms with E-state index in [0.29, 0.717) is 50.5 Å². The van der Waals surface area contributed by atoms with Gasteiger partial charge < -0.3 is 14.5 Å². The summed E-state index contributed by atoms with van der Waals surface area (Å²) in [6, 6.07) is 5.83. The zero-order valence-electron chi connectivity index (χ0n) is 21.3. The minimum atomic E-state index is -3.68. The van der Waals surface area contributed by atoms with E-state index in [0.717, 1.165) is 19.6 Å². The molecule has 0 atom stereocenters. The summed E-state index contributed by atoms with van der Waals surface area (Å²) in [5.41, 5.74) is 0.320. The molecule has 0 unspecified atom stereocenters. The highest BCUT2D eigenvalue weighted by Crippen LogP contribution is 2.26. The molecule has 1 amide bonds. The summed E-state index contributed by atoms with van der Waals surface area (Å²) >= 11 is 0. The number of benzene rings is 1. The third-order valence-electron chi connectivity index (χ3n) is 6.28. The Kier molecular flexibility index (Phi) is 11.0. The summed E-state index contributed by atoms with van der Waals surface area (Å²) in [7, 11) is -3.68. The average molecular weight is 496 g/mol. The van der Waals surface area contributed by atoms with Gasteiger partial charge in [0.25, 0.3) is 0 Å². The molecule has 1 heterocycles. The van der Waals surface area contributed by atoms with Gasteiger partial charge >= 0.3 is 5.97 Å². The summed E-state index contributed by atoms with van der Waals surface area (Å²) in [4.78, 5) is 29.5. The number of nitrogens with zero attached hydrogens (tertiary/aromatic N) is 3. The lowest BCUT2D eigenvalue weighted by atomic mass is 9.96. The second kappa shape index (κ2) is 13.2. The first-order chi connectivity index (χ1) is 16.1. The van der Waals surface area contributed by atoms with Gasteiger partial charge in [-0.2, -0.15) is 4.31 Å². The summed E-state index contributed by atoms with van der Waals surface area (Å²) in [5.74, 6) is -0.124. The maximum Gasteiger partial charge on any atom is 0.338 e. The third-order valence-corrected chi connectivity index (χ3v) is 8.20. The van der Waals surface area contributed by atoms with E-state index in [1.807, 2.05) is 4.90 Å². The first kappa shape index (κ1) is 28.3. The number of carbonyl (C=O) groups excluding carboxylic acids is 2. The smallest absolute Gasteiger partial charge is 0.338 e. The topological polar surface area (TPSA) is 87.2 Å². The zero-order valence-corrected chi connectivity index (χ0v) is 22.1. The molecule has 192 valence electrons. The van der Waals surface area contributed by atoms with Crippen molar-refractivity contribution in [2.75, 3.05) is 52.4 Å². The minimum Gasteiger partial charge on any atom is -0.462 e. The largest absolute Gasteiger partial charge is 0.462 e. The highest BCUT2D eigenvalue weighted by atomic mass is 32.2. The molecule has 34 heavy (non-hydrogen) atoms. The van der Waals surface area contributed by atoms with Crippen LogP contribution in [0.3, 0.4) is 0 Å². The summed E-state index contributed by atoms with van der Waals surface area (Å²) in [6.45, 7) is 15.2. The Morgan fingerprint density at radius 3 is 2.12 bits per heavy atom. The van der Waals surface area contributed by atoms with Gasteiger partial charge in [0, 0.05) is 38.6 Å². The normalized spacial score (nSPS) is 15.6. The lowest BCUT2D eigenvalue weighted by Crippen LogP contribution is -2.47. The van der Waals surface area contributed by atoms with Gasteiger partial charge in [-0.1, -0.05) is 27.7 Å². The lowest BCUT2D eigenvalue weighted by Gasteiger charge is -2.35. The van der Waals surface area contributed by atoms with Gasteiger partial charge in [0.1, 0.15) is 0 Å². The molecule has 2 rings (SSSR count). The van der Waals surface area contributed by atoms with Gasteiger partial charge in [0.2, 0.25) is 15.9 Å². The number of hydrogen-bond acceptors (Lipinski definition) is 6. The van der Waals surface area contributed by atoms with Crippen LogP contribution in [0.15, 0.2) is 29.2 Å². The van der Waals surface area contributed by atoms with E-state index in [1.165, 1.54) is 28.6 Å². The van der Waals surface area contributed by atoms with Crippen molar-refractivity contribution >= 4 is 21.9 Å². The van der Waals surface area contributed by atoms with E-state index in [-0.39, 0.29) is 23.3 Å². The Morgan fingerprint density at radius 2 is 1.62 bits per heavy atom. The molecular formula is C25H41N3O5S. The van der Waals surface area contributed by atoms with E-state index in [2.05, 4.69) is 32.6 Å². The van der Waals surface area contributed by atoms with Crippen molar-refractivity contribution in [3.63, 3.8) is 0 Å².